The van der Waals surface area contributed by atoms with Gasteiger partial charge in [-0.1, -0.05) is 12.1 Å². The van der Waals surface area contributed by atoms with E-state index in [1.54, 1.807) is 0 Å². The molecule has 1 aromatic rings. The normalized spacial score (nSPS) is 13.2. The maximum absolute atomic E-state index is 12.7. The second-order valence-corrected chi connectivity index (χ2v) is 3.90. The third-order valence-corrected chi connectivity index (χ3v) is 2.77. The minimum Gasteiger partial charge on any atom is -0.298 e. The lowest BCUT2D eigenvalue weighted by Gasteiger charge is -2.13. The molecule has 0 spiro atoms. The number of carbonyl (C=O) groups excluding carboxylic acids is 1. The number of hydrogen-bond acceptors (Lipinski definition) is 1. The Kier molecular flexibility index (Phi) is 4.51. The van der Waals surface area contributed by atoms with Crippen molar-refractivity contribution in [2.75, 3.05) is 0 Å². The summed E-state index contributed by atoms with van der Waals surface area (Å²) in [5.41, 5.74) is -1.27. The van der Waals surface area contributed by atoms with Crippen molar-refractivity contribution in [3.05, 3.63) is 34.9 Å². The highest BCUT2D eigenvalue weighted by molar-refractivity contribution is 6.30. The van der Waals surface area contributed by atoms with E-state index < -0.39 is 35.1 Å². The Bertz CT molecular complexity index is 420. The number of Topliss-reactive ketones (excluding diaryl/α,β-unsaturated/α-hetero) is 1. The van der Waals surface area contributed by atoms with Crippen molar-refractivity contribution < 1.29 is 22.4 Å². The summed E-state index contributed by atoms with van der Waals surface area (Å²) in [6, 6.07) is 2.72. The third kappa shape index (κ3) is 3.19. The van der Waals surface area contributed by atoms with Crippen LogP contribution in [0.1, 0.15) is 41.8 Å². The van der Waals surface area contributed by atoms with Gasteiger partial charge in [-0.05, 0) is 18.6 Å². The van der Waals surface area contributed by atoms with Crippen LogP contribution in [0.25, 0.3) is 0 Å². The van der Waals surface area contributed by atoms with E-state index in [0.29, 0.717) is 6.07 Å². The first-order chi connectivity index (χ1) is 7.84. The minimum absolute atomic E-state index is 0.126. The average molecular weight is 269 g/mol. The molecular formula is C11H9ClF4O. The molecule has 1 rings (SSSR count). The van der Waals surface area contributed by atoms with Crippen molar-refractivity contribution in [3.63, 3.8) is 0 Å². The van der Waals surface area contributed by atoms with Crippen LogP contribution in [0.3, 0.4) is 0 Å². The summed E-state index contributed by atoms with van der Waals surface area (Å²) in [5.74, 6) is -0.515. The fourth-order valence-corrected chi connectivity index (χ4v) is 1.57. The monoisotopic (exact) mass is 268 g/mol. The number of carbonyl (C=O) groups is 1. The van der Waals surface area contributed by atoms with E-state index >= 15 is 0 Å². The predicted molar refractivity (Wildman–Crippen MR) is 55.6 cm³/mol. The fraction of sp³-hybridized carbons (Fsp3) is 0.364. The maximum atomic E-state index is 12.7. The molecular weight excluding hydrogens is 260 g/mol. The van der Waals surface area contributed by atoms with Gasteiger partial charge in [-0.2, -0.15) is 0 Å². The number of ketones is 1. The molecule has 0 N–H and O–H groups in total. The summed E-state index contributed by atoms with van der Waals surface area (Å²) < 4.78 is 50.1. The number of hydrogen-bond donors (Lipinski definition) is 0. The van der Waals surface area contributed by atoms with Crippen molar-refractivity contribution in [2.24, 2.45) is 0 Å². The van der Waals surface area contributed by atoms with Crippen LogP contribution in [0.2, 0.25) is 0 Å². The Morgan fingerprint density at radius 1 is 1.12 bits per heavy atom. The third-order valence-electron chi connectivity index (χ3n) is 2.23. The second-order valence-electron chi connectivity index (χ2n) is 3.46. The van der Waals surface area contributed by atoms with Gasteiger partial charge >= 0.3 is 0 Å². The van der Waals surface area contributed by atoms with E-state index in [9.17, 15) is 22.4 Å². The van der Waals surface area contributed by atoms with Gasteiger partial charge in [0.1, 0.15) is 5.38 Å². The molecule has 0 aliphatic heterocycles. The van der Waals surface area contributed by atoms with E-state index in [0.717, 1.165) is 19.1 Å². The molecule has 1 atom stereocenters. The fourth-order valence-electron chi connectivity index (χ4n) is 1.37. The average Bonchev–Trinajstić information content (AvgIpc) is 2.26. The summed E-state index contributed by atoms with van der Waals surface area (Å²) in [7, 11) is 0. The van der Waals surface area contributed by atoms with Crippen molar-refractivity contribution in [2.45, 2.75) is 25.2 Å². The number of alkyl halides is 5. The smallest absolute Gasteiger partial charge is 0.264 e. The Labute approximate surface area is 100 Å². The van der Waals surface area contributed by atoms with E-state index in [-0.39, 0.29) is 5.56 Å². The molecule has 0 heterocycles. The van der Waals surface area contributed by atoms with Gasteiger partial charge in [0.2, 0.25) is 0 Å². The predicted octanol–water partition coefficient (Wildman–Crippen LogP) is 4.43. The Hall–Kier alpha value is -1.10. The first kappa shape index (κ1) is 14.0. The van der Waals surface area contributed by atoms with Crippen LogP contribution in [0.15, 0.2) is 18.2 Å². The zero-order valence-electron chi connectivity index (χ0n) is 8.76. The molecule has 0 aromatic heterocycles. The van der Waals surface area contributed by atoms with Gasteiger partial charge in [0.05, 0.1) is 0 Å². The number of rotatable bonds is 4. The van der Waals surface area contributed by atoms with E-state index in [2.05, 4.69) is 0 Å². The van der Waals surface area contributed by atoms with Gasteiger partial charge in [-0.15, -0.1) is 11.6 Å². The van der Waals surface area contributed by atoms with Crippen LogP contribution in [0, 0.1) is 0 Å². The van der Waals surface area contributed by atoms with Crippen molar-refractivity contribution in [1.82, 2.24) is 0 Å². The quantitative estimate of drug-likeness (QED) is 0.583. The molecule has 6 heteroatoms. The Balaban J connectivity index is 3.27. The van der Waals surface area contributed by atoms with Crippen LogP contribution in [0.4, 0.5) is 17.6 Å². The van der Waals surface area contributed by atoms with Crippen LogP contribution >= 0.6 is 11.6 Å². The van der Waals surface area contributed by atoms with Crippen LogP contribution in [-0.2, 0) is 4.79 Å². The van der Waals surface area contributed by atoms with Crippen LogP contribution in [0.5, 0.6) is 0 Å². The summed E-state index contributed by atoms with van der Waals surface area (Å²) in [4.78, 5) is 11.0. The van der Waals surface area contributed by atoms with Crippen molar-refractivity contribution in [1.29, 1.82) is 0 Å². The molecule has 1 nitrogen and oxygen atoms in total. The van der Waals surface area contributed by atoms with Gasteiger partial charge in [-0.25, -0.2) is 17.6 Å². The number of halogens is 5. The second kappa shape index (κ2) is 5.49. The van der Waals surface area contributed by atoms with Crippen LogP contribution in [-0.4, -0.2) is 5.78 Å². The molecule has 0 aliphatic carbocycles. The van der Waals surface area contributed by atoms with Crippen molar-refractivity contribution >= 4 is 17.4 Å². The number of benzene rings is 1. The summed E-state index contributed by atoms with van der Waals surface area (Å²) >= 11 is 5.65. The molecule has 94 valence electrons. The highest BCUT2D eigenvalue weighted by atomic mass is 35.5. The first-order valence-electron chi connectivity index (χ1n) is 4.69. The molecule has 0 fully saturated rings. The lowest BCUT2D eigenvalue weighted by atomic mass is 10.00. The standard InChI is InChI=1S/C11H9ClF4O/c1-5(17)9(12)7-3-2-6(10(13)14)4-8(7)11(15)16/h2-4,9-11H,1H3. The lowest BCUT2D eigenvalue weighted by Crippen LogP contribution is -2.06. The molecule has 17 heavy (non-hydrogen) atoms. The van der Waals surface area contributed by atoms with E-state index in [1.807, 2.05) is 0 Å². The Morgan fingerprint density at radius 3 is 2.12 bits per heavy atom. The lowest BCUT2D eigenvalue weighted by molar-refractivity contribution is -0.116. The maximum Gasteiger partial charge on any atom is 0.264 e. The van der Waals surface area contributed by atoms with Gasteiger partial charge in [-0.3, -0.25) is 4.79 Å². The molecule has 0 saturated heterocycles. The molecule has 0 saturated carbocycles. The molecule has 0 amide bonds. The highest BCUT2D eigenvalue weighted by Gasteiger charge is 2.23. The molecule has 0 aliphatic rings. The van der Waals surface area contributed by atoms with Gasteiger partial charge in [0, 0.05) is 11.1 Å². The van der Waals surface area contributed by atoms with E-state index in [4.69, 9.17) is 11.6 Å². The molecule has 1 unspecified atom stereocenters. The summed E-state index contributed by atoms with van der Waals surface area (Å²) in [6.07, 6.45) is -5.79. The molecule has 0 radical (unpaired) electrons. The van der Waals surface area contributed by atoms with Gasteiger partial charge in [0.15, 0.2) is 5.78 Å². The highest BCUT2D eigenvalue weighted by Crippen LogP contribution is 2.34. The minimum atomic E-state index is -2.95. The zero-order valence-corrected chi connectivity index (χ0v) is 9.52. The van der Waals surface area contributed by atoms with Crippen molar-refractivity contribution in [3.8, 4) is 0 Å². The van der Waals surface area contributed by atoms with Gasteiger partial charge in [0.25, 0.3) is 12.9 Å². The molecule has 1 aromatic carbocycles. The topological polar surface area (TPSA) is 17.1 Å². The Morgan fingerprint density at radius 2 is 1.71 bits per heavy atom. The van der Waals surface area contributed by atoms with E-state index in [1.165, 1.54) is 0 Å². The van der Waals surface area contributed by atoms with Gasteiger partial charge < -0.3 is 0 Å². The zero-order chi connectivity index (χ0) is 13.2. The molecule has 0 bridgehead atoms. The summed E-state index contributed by atoms with van der Waals surface area (Å²) in [6.45, 7) is 1.15. The SMILES string of the molecule is CC(=O)C(Cl)c1ccc(C(F)F)cc1C(F)F. The van der Waals surface area contributed by atoms with Crippen LogP contribution < -0.4 is 0 Å². The summed E-state index contributed by atoms with van der Waals surface area (Å²) in [5, 5.41) is -1.24. The largest absolute Gasteiger partial charge is 0.298 e. The first-order valence-corrected chi connectivity index (χ1v) is 5.12.